The van der Waals surface area contributed by atoms with Crippen molar-refractivity contribution < 1.29 is 4.74 Å². The Morgan fingerprint density at radius 3 is 1.92 bits per heavy atom. The third-order valence-corrected chi connectivity index (χ3v) is 1.45. The molecule has 0 saturated carbocycles. The molecule has 1 aromatic rings. The van der Waals surface area contributed by atoms with E-state index in [-0.39, 0.29) is 0 Å². The first kappa shape index (κ1) is 9.52. The number of aliphatic imine (C=N–C) groups is 1. The average molecular weight is 175 g/mol. The molecule has 13 heavy (non-hydrogen) atoms. The van der Waals surface area contributed by atoms with Gasteiger partial charge >= 0.3 is 0 Å². The highest BCUT2D eigenvalue weighted by atomic mass is 16.5. The van der Waals surface area contributed by atoms with Crippen molar-refractivity contribution in [2.75, 3.05) is 13.2 Å². The molecule has 2 heteroatoms. The first-order valence-electron chi connectivity index (χ1n) is 4.23. The lowest BCUT2D eigenvalue weighted by atomic mass is 10.4. The van der Waals surface area contributed by atoms with Crippen molar-refractivity contribution in [1.82, 2.24) is 0 Å². The first-order valence-corrected chi connectivity index (χ1v) is 4.23. The second kappa shape index (κ2) is 6.00. The molecule has 68 valence electrons. The molecule has 0 atom stereocenters. The van der Waals surface area contributed by atoms with Crippen LogP contribution in [0.25, 0.3) is 0 Å². The molecule has 0 saturated heterocycles. The minimum atomic E-state index is 0.681. The monoisotopic (exact) mass is 175 g/mol. The number of nitrogens with zero attached hydrogens (tertiary/aromatic N) is 1. The molecule has 1 aliphatic rings. The maximum absolute atomic E-state index is 4.93. The van der Waals surface area contributed by atoms with Crippen molar-refractivity contribution >= 4 is 5.90 Å². The zero-order chi connectivity index (χ0) is 9.36. The van der Waals surface area contributed by atoms with E-state index in [1.54, 1.807) is 6.08 Å². The molecule has 0 aromatic heterocycles. The third kappa shape index (κ3) is 4.11. The minimum Gasteiger partial charge on any atom is -0.476 e. The van der Waals surface area contributed by atoms with Crippen LogP contribution in [-0.4, -0.2) is 19.0 Å². The quantitative estimate of drug-likeness (QED) is 0.641. The van der Waals surface area contributed by atoms with E-state index >= 15 is 0 Å². The number of rotatable bonds is 1. The Morgan fingerprint density at radius 2 is 1.69 bits per heavy atom. The van der Waals surface area contributed by atoms with Crippen LogP contribution in [0.5, 0.6) is 0 Å². The number of hydrogen-bond donors (Lipinski definition) is 0. The Balaban J connectivity index is 0.000000132. The SMILES string of the molecule is C=CC1=NCCO1.c1ccccc1. The van der Waals surface area contributed by atoms with Crippen molar-refractivity contribution in [1.29, 1.82) is 0 Å². The van der Waals surface area contributed by atoms with Crippen molar-refractivity contribution in [3.05, 3.63) is 49.1 Å². The van der Waals surface area contributed by atoms with E-state index in [1.165, 1.54) is 0 Å². The average Bonchev–Trinajstić information content (AvgIpc) is 2.74. The van der Waals surface area contributed by atoms with E-state index in [2.05, 4.69) is 11.6 Å². The van der Waals surface area contributed by atoms with Gasteiger partial charge in [-0.1, -0.05) is 43.0 Å². The molecule has 0 radical (unpaired) electrons. The van der Waals surface area contributed by atoms with Crippen LogP contribution in [0.3, 0.4) is 0 Å². The van der Waals surface area contributed by atoms with Gasteiger partial charge in [-0.15, -0.1) is 0 Å². The second-order valence-corrected chi connectivity index (χ2v) is 2.43. The van der Waals surface area contributed by atoms with Gasteiger partial charge in [-0.3, -0.25) is 0 Å². The van der Waals surface area contributed by atoms with Gasteiger partial charge in [-0.25, -0.2) is 4.99 Å². The number of hydrogen-bond acceptors (Lipinski definition) is 2. The molecular weight excluding hydrogens is 162 g/mol. The van der Waals surface area contributed by atoms with Crippen LogP contribution < -0.4 is 0 Å². The van der Waals surface area contributed by atoms with Crippen LogP contribution in [0.1, 0.15) is 0 Å². The van der Waals surface area contributed by atoms with Crippen molar-refractivity contribution in [3.8, 4) is 0 Å². The Hall–Kier alpha value is -1.57. The summed E-state index contributed by atoms with van der Waals surface area (Å²) in [6.07, 6.45) is 1.62. The van der Waals surface area contributed by atoms with Crippen LogP contribution in [0.2, 0.25) is 0 Å². The van der Waals surface area contributed by atoms with Crippen molar-refractivity contribution in [2.24, 2.45) is 4.99 Å². The normalized spacial score (nSPS) is 13.4. The lowest BCUT2D eigenvalue weighted by molar-refractivity contribution is 0.350. The van der Waals surface area contributed by atoms with Gasteiger partial charge in [0, 0.05) is 0 Å². The summed E-state index contributed by atoms with van der Waals surface area (Å²) in [6.45, 7) is 5.00. The zero-order valence-electron chi connectivity index (χ0n) is 7.52. The maximum atomic E-state index is 4.93. The predicted molar refractivity (Wildman–Crippen MR) is 54.9 cm³/mol. The molecule has 1 heterocycles. The van der Waals surface area contributed by atoms with E-state index in [0.29, 0.717) is 5.90 Å². The molecule has 0 N–H and O–H groups in total. The minimum absolute atomic E-state index is 0.681. The van der Waals surface area contributed by atoms with Gasteiger partial charge in [-0.05, 0) is 6.08 Å². The molecule has 0 bridgehead atoms. The lowest BCUT2D eigenvalue weighted by Crippen LogP contribution is -1.91. The molecule has 1 aromatic carbocycles. The largest absolute Gasteiger partial charge is 0.476 e. The maximum Gasteiger partial charge on any atom is 0.208 e. The van der Waals surface area contributed by atoms with Crippen LogP contribution >= 0.6 is 0 Å². The summed E-state index contributed by atoms with van der Waals surface area (Å²) in [5.41, 5.74) is 0. The van der Waals surface area contributed by atoms with Gasteiger partial charge in [-0.2, -0.15) is 0 Å². The highest BCUT2D eigenvalue weighted by Crippen LogP contribution is 1.92. The highest BCUT2D eigenvalue weighted by molar-refractivity contribution is 5.87. The summed E-state index contributed by atoms with van der Waals surface area (Å²) in [7, 11) is 0. The summed E-state index contributed by atoms with van der Waals surface area (Å²) < 4.78 is 4.93. The predicted octanol–water partition coefficient (Wildman–Crippen LogP) is 2.29. The van der Waals surface area contributed by atoms with Gasteiger partial charge in [0.15, 0.2) is 0 Å². The van der Waals surface area contributed by atoms with E-state index in [1.807, 2.05) is 36.4 Å². The smallest absolute Gasteiger partial charge is 0.208 e. The highest BCUT2D eigenvalue weighted by Gasteiger charge is 1.98. The van der Waals surface area contributed by atoms with Gasteiger partial charge in [0.05, 0.1) is 6.54 Å². The van der Waals surface area contributed by atoms with E-state index in [4.69, 9.17) is 4.74 Å². The zero-order valence-corrected chi connectivity index (χ0v) is 7.52. The molecule has 0 fully saturated rings. The second-order valence-electron chi connectivity index (χ2n) is 2.43. The molecule has 2 rings (SSSR count). The molecule has 0 aliphatic carbocycles. The summed E-state index contributed by atoms with van der Waals surface area (Å²) >= 11 is 0. The Morgan fingerprint density at radius 1 is 1.15 bits per heavy atom. The number of ether oxygens (including phenoxy) is 1. The fourth-order valence-electron chi connectivity index (χ4n) is 0.860. The molecule has 0 amide bonds. The van der Waals surface area contributed by atoms with Crippen LogP contribution in [0.15, 0.2) is 54.0 Å². The van der Waals surface area contributed by atoms with Crippen LogP contribution in [0, 0.1) is 0 Å². The fraction of sp³-hybridized carbons (Fsp3) is 0.182. The van der Waals surface area contributed by atoms with Gasteiger partial charge in [0.1, 0.15) is 6.61 Å². The Kier molecular flexibility index (Phi) is 4.39. The van der Waals surface area contributed by atoms with E-state index in [0.717, 1.165) is 13.2 Å². The fourth-order valence-corrected chi connectivity index (χ4v) is 0.860. The van der Waals surface area contributed by atoms with Crippen LogP contribution in [-0.2, 0) is 4.74 Å². The summed E-state index contributed by atoms with van der Waals surface area (Å²) in [5, 5.41) is 0. The standard InChI is InChI=1S/C6H6.C5H7NO/c1-2-4-6-5-3-1;1-2-5-6-3-4-7-5/h1-6H;2H,1,3-4H2. The van der Waals surface area contributed by atoms with Gasteiger partial charge in [0.2, 0.25) is 5.90 Å². The first-order chi connectivity index (χ1) is 6.43. The van der Waals surface area contributed by atoms with Crippen molar-refractivity contribution in [2.45, 2.75) is 0 Å². The molecule has 0 spiro atoms. The summed E-state index contributed by atoms with van der Waals surface area (Å²) in [4.78, 5) is 3.93. The van der Waals surface area contributed by atoms with E-state index < -0.39 is 0 Å². The van der Waals surface area contributed by atoms with Gasteiger partial charge < -0.3 is 4.74 Å². The molecule has 1 aliphatic heterocycles. The topological polar surface area (TPSA) is 21.6 Å². The number of benzene rings is 1. The molecular formula is C11H13NO. The Bertz CT molecular complexity index is 240. The van der Waals surface area contributed by atoms with Gasteiger partial charge in [0.25, 0.3) is 0 Å². The van der Waals surface area contributed by atoms with Crippen molar-refractivity contribution in [3.63, 3.8) is 0 Å². The molecule has 2 nitrogen and oxygen atoms in total. The summed E-state index contributed by atoms with van der Waals surface area (Å²) in [6, 6.07) is 12.0. The van der Waals surface area contributed by atoms with E-state index in [9.17, 15) is 0 Å². The lowest BCUT2D eigenvalue weighted by Gasteiger charge is -1.87. The summed E-state index contributed by atoms with van der Waals surface area (Å²) in [5.74, 6) is 0.681. The third-order valence-electron chi connectivity index (χ3n) is 1.45. The Labute approximate surface area is 78.6 Å². The molecule has 0 unspecified atom stereocenters. The van der Waals surface area contributed by atoms with Crippen LogP contribution in [0.4, 0.5) is 0 Å².